The Morgan fingerprint density at radius 2 is 2.00 bits per heavy atom. The Hall–Kier alpha value is -1.17. The van der Waals surface area contributed by atoms with Crippen LogP contribution in [0.5, 0.6) is 0 Å². The molecule has 0 rings (SSSR count). The van der Waals surface area contributed by atoms with Crippen LogP contribution in [0.4, 0.5) is 0 Å². The maximum atomic E-state index is 10.5. The highest BCUT2D eigenvalue weighted by atomic mass is 16.6. The van der Waals surface area contributed by atoms with Gasteiger partial charge in [-0.05, 0) is 20.8 Å². The Balaban J connectivity index is 3.89. The van der Waals surface area contributed by atoms with Crippen molar-refractivity contribution in [2.75, 3.05) is 0 Å². The average molecular weight is 142 g/mol. The smallest absolute Gasteiger partial charge is 0.388 e. The van der Waals surface area contributed by atoms with Gasteiger partial charge in [0.1, 0.15) is 11.7 Å². The van der Waals surface area contributed by atoms with Crippen LogP contribution in [0.25, 0.3) is 0 Å². The van der Waals surface area contributed by atoms with Gasteiger partial charge in [-0.15, -0.1) is 0 Å². The molecule has 0 saturated heterocycles. The summed E-state index contributed by atoms with van der Waals surface area (Å²) in [6.07, 6.45) is 1.47. The van der Waals surface area contributed by atoms with Crippen LogP contribution in [-0.2, 0) is 9.53 Å². The second-order valence-electron chi connectivity index (χ2n) is 2.74. The highest BCUT2D eigenvalue weighted by Gasteiger charge is 2.13. The predicted molar refractivity (Wildman–Crippen MR) is 35.6 cm³/mol. The minimum Gasteiger partial charge on any atom is -0.462 e. The number of hydrogen-bond donors (Lipinski definition) is 1. The summed E-state index contributed by atoms with van der Waals surface area (Å²) in [6, 6.07) is 0. The fourth-order valence-electron chi connectivity index (χ4n) is 0.349. The molecule has 10 heavy (non-hydrogen) atoms. The predicted octanol–water partition coefficient (Wildman–Crippen LogP) is 0.661. The van der Waals surface area contributed by atoms with Crippen molar-refractivity contribution in [3.8, 4) is 12.0 Å². The summed E-state index contributed by atoms with van der Waals surface area (Å²) in [5, 5.41) is 7.97. The number of carbonyl (C=O) groups is 1. The molecule has 0 aliphatic carbocycles. The summed E-state index contributed by atoms with van der Waals surface area (Å²) in [6.45, 7) is 5.18. The van der Waals surface area contributed by atoms with E-state index in [0.29, 0.717) is 0 Å². The Morgan fingerprint density at radius 1 is 1.50 bits per heavy atom. The third-order valence-electron chi connectivity index (χ3n) is 0.557. The van der Waals surface area contributed by atoms with Gasteiger partial charge < -0.3 is 9.84 Å². The number of hydrogen-bond acceptors (Lipinski definition) is 3. The lowest BCUT2D eigenvalue weighted by molar-refractivity contribution is -0.147. The number of rotatable bonds is 0. The van der Waals surface area contributed by atoms with E-state index in [9.17, 15) is 4.79 Å². The fraction of sp³-hybridized carbons (Fsp3) is 0.571. The highest BCUT2D eigenvalue weighted by molar-refractivity contribution is 5.88. The summed E-state index contributed by atoms with van der Waals surface area (Å²) in [5.41, 5.74) is -0.541. The number of ether oxygens (including phenoxy) is 1. The van der Waals surface area contributed by atoms with Crippen molar-refractivity contribution in [3.63, 3.8) is 0 Å². The minimum absolute atomic E-state index is 0.541. The van der Waals surface area contributed by atoms with Gasteiger partial charge in [-0.1, -0.05) is 0 Å². The van der Waals surface area contributed by atoms with E-state index in [1.165, 1.54) is 6.11 Å². The first-order valence-corrected chi connectivity index (χ1v) is 2.84. The molecular formula is C7H10O3. The molecule has 0 amide bonds. The first-order chi connectivity index (χ1) is 4.45. The van der Waals surface area contributed by atoms with Gasteiger partial charge in [-0.2, -0.15) is 0 Å². The lowest BCUT2D eigenvalue weighted by Crippen LogP contribution is -2.22. The fourth-order valence-corrected chi connectivity index (χ4v) is 0.349. The lowest BCUT2D eigenvalue weighted by Gasteiger charge is -2.16. The topological polar surface area (TPSA) is 46.5 Å². The van der Waals surface area contributed by atoms with Crippen LogP contribution in [0.2, 0.25) is 0 Å². The van der Waals surface area contributed by atoms with Gasteiger partial charge in [0.15, 0.2) is 0 Å². The zero-order valence-electron chi connectivity index (χ0n) is 6.26. The van der Waals surface area contributed by atoms with Crippen molar-refractivity contribution in [2.45, 2.75) is 26.4 Å². The molecule has 3 heteroatoms. The summed E-state index contributed by atoms with van der Waals surface area (Å²) < 4.78 is 4.71. The Bertz CT molecular complexity index is 177. The first-order valence-electron chi connectivity index (χ1n) is 2.84. The van der Waals surface area contributed by atoms with E-state index in [4.69, 9.17) is 9.84 Å². The Kier molecular flexibility index (Phi) is 2.75. The van der Waals surface area contributed by atoms with Crippen LogP contribution in [0, 0.1) is 12.0 Å². The zero-order chi connectivity index (χ0) is 8.20. The second-order valence-corrected chi connectivity index (χ2v) is 2.74. The van der Waals surface area contributed by atoms with Crippen molar-refractivity contribution in [3.05, 3.63) is 0 Å². The van der Waals surface area contributed by atoms with Gasteiger partial charge in [0, 0.05) is 0 Å². The van der Waals surface area contributed by atoms with Gasteiger partial charge in [0.05, 0.1) is 5.92 Å². The first kappa shape index (κ1) is 8.83. The molecule has 0 atom stereocenters. The monoisotopic (exact) mass is 142 g/mol. The summed E-state index contributed by atoms with van der Waals surface area (Å²) >= 11 is 0. The van der Waals surface area contributed by atoms with E-state index in [2.05, 4.69) is 0 Å². The molecule has 0 aromatic heterocycles. The molecule has 0 fully saturated rings. The maximum Gasteiger partial charge on any atom is 0.388 e. The van der Waals surface area contributed by atoms with Crippen molar-refractivity contribution in [1.29, 1.82) is 0 Å². The lowest BCUT2D eigenvalue weighted by atomic mass is 10.2. The maximum absolute atomic E-state index is 10.5. The summed E-state index contributed by atoms with van der Waals surface area (Å²) in [4.78, 5) is 10.5. The number of esters is 1. The van der Waals surface area contributed by atoms with Crippen LogP contribution < -0.4 is 0 Å². The van der Waals surface area contributed by atoms with E-state index in [0.717, 1.165) is 0 Å². The molecule has 0 spiro atoms. The number of aliphatic hydroxyl groups is 1. The van der Waals surface area contributed by atoms with Crippen molar-refractivity contribution < 1.29 is 14.6 Å². The normalized spacial score (nSPS) is 9.50. The Labute approximate surface area is 60.0 Å². The summed E-state index contributed by atoms with van der Waals surface area (Å²) in [7, 11) is 0. The van der Waals surface area contributed by atoms with Crippen LogP contribution in [-0.4, -0.2) is 16.7 Å². The molecule has 0 aromatic rings. The Morgan fingerprint density at radius 3 is 2.30 bits per heavy atom. The molecule has 0 aliphatic heterocycles. The second kappa shape index (κ2) is 3.11. The van der Waals surface area contributed by atoms with Gasteiger partial charge in [-0.3, -0.25) is 0 Å². The van der Waals surface area contributed by atoms with E-state index in [1.54, 1.807) is 20.8 Å². The molecule has 1 N–H and O–H groups in total. The molecule has 0 radical (unpaired) electrons. The summed E-state index contributed by atoms with van der Waals surface area (Å²) in [5.74, 6) is 1.13. The average Bonchev–Trinajstić information content (AvgIpc) is 1.59. The largest absolute Gasteiger partial charge is 0.462 e. The third kappa shape index (κ3) is 4.98. The van der Waals surface area contributed by atoms with Gasteiger partial charge in [0.2, 0.25) is 0 Å². The van der Waals surface area contributed by atoms with Gasteiger partial charge >= 0.3 is 5.97 Å². The zero-order valence-corrected chi connectivity index (χ0v) is 6.26. The van der Waals surface area contributed by atoms with Crippen molar-refractivity contribution >= 4 is 5.97 Å². The highest BCUT2D eigenvalue weighted by Crippen LogP contribution is 2.05. The molecule has 0 aliphatic rings. The standard InChI is InChI=1S/C7H10O3/c1-7(2,3)10-6(9)4-5-8/h8H,1-3H3. The SMILES string of the molecule is CC(C)(C)OC(=O)C#CO. The molecule has 0 aromatic carbocycles. The molecule has 0 bridgehead atoms. The molecule has 56 valence electrons. The van der Waals surface area contributed by atoms with Gasteiger partial charge in [-0.25, -0.2) is 4.79 Å². The van der Waals surface area contributed by atoms with E-state index in [-0.39, 0.29) is 0 Å². The van der Waals surface area contributed by atoms with Gasteiger partial charge in [0.25, 0.3) is 0 Å². The van der Waals surface area contributed by atoms with Crippen LogP contribution in [0.3, 0.4) is 0 Å². The molecule has 0 unspecified atom stereocenters. The third-order valence-corrected chi connectivity index (χ3v) is 0.557. The van der Waals surface area contributed by atoms with Crippen LogP contribution in [0.1, 0.15) is 20.8 Å². The van der Waals surface area contributed by atoms with E-state index < -0.39 is 11.6 Å². The molecule has 0 saturated carbocycles. The van der Waals surface area contributed by atoms with Crippen LogP contribution >= 0.6 is 0 Å². The molecule has 3 nitrogen and oxygen atoms in total. The van der Waals surface area contributed by atoms with Crippen LogP contribution in [0.15, 0.2) is 0 Å². The molecular weight excluding hydrogens is 132 g/mol. The van der Waals surface area contributed by atoms with E-state index in [1.807, 2.05) is 5.92 Å². The quantitative estimate of drug-likeness (QED) is 0.399. The minimum atomic E-state index is -0.713. The number of aliphatic hydroxyl groups excluding tert-OH is 1. The van der Waals surface area contributed by atoms with Crippen molar-refractivity contribution in [1.82, 2.24) is 0 Å². The number of carbonyl (C=O) groups excluding carboxylic acids is 1. The van der Waals surface area contributed by atoms with Crippen molar-refractivity contribution in [2.24, 2.45) is 0 Å². The molecule has 0 heterocycles. The van der Waals surface area contributed by atoms with E-state index >= 15 is 0 Å².